The first kappa shape index (κ1) is 20.0. The highest BCUT2D eigenvalue weighted by molar-refractivity contribution is 6.05. The summed E-state index contributed by atoms with van der Waals surface area (Å²) < 4.78 is 0. The summed E-state index contributed by atoms with van der Waals surface area (Å²) in [5, 5.41) is 5.91. The lowest BCUT2D eigenvalue weighted by Crippen LogP contribution is -2.60. The van der Waals surface area contributed by atoms with E-state index in [0.29, 0.717) is 18.5 Å². The van der Waals surface area contributed by atoms with E-state index in [0.717, 1.165) is 44.6 Å². The summed E-state index contributed by atoms with van der Waals surface area (Å²) in [5.74, 6) is -0.721. The van der Waals surface area contributed by atoms with Crippen molar-refractivity contribution in [2.75, 3.05) is 19.6 Å². The van der Waals surface area contributed by atoms with Gasteiger partial charge < -0.3 is 10.2 Å². The number of benzene rings is 1. The van der Waals surface area contributed by atoms with Crippen molar-refractivity contribution in [3.8, 4) is 0 Å². The highest BCUT2D eigenvalue weighted by Crippen LogP contribution is 2.33. The molecule has 7 heteroatoms. The Hall–Kier alpha value is -2.25. The monoisotopic (exact) mass is 398 g/mol. The lowest BCUT2D eigenvalue weighted by Gasteiger charge is -2.47. The van der Waals surface area contributed by atoms with E-state index in [1.165, 1.54) is 5.56 Å². The quantitative estimate of drug-likeness (QED) is 0.733. The second-order valence-corrected chi connectivity index (χ2v) is 8.37. The van der Waals surface area contributed by atoms with Crippen LogP contribution in [-0.4, -0.2) is 58.7 Å². The van der Waals surface area contributed by atoms with Gasteiger partial charge in [-0.3, -0.25) is 24.6 Å². The number of hydrogen-bond acceptors (Lipinski definition) is 5. The van der Waals surface area contributed by atoms with Crippen molar-refractivity contribution < 1.29 is 14.4 Å². The average molecular weight is 399 g/mol. The van der Waals surface area contributed by atoms with Crippen LogP contribution in [0.25, 0.3) is 0 Å². The minimum Gasteiger partial charge on any atom is -0.322 e. The first-order valence-corrected chi connectivity index (χ1v) is 10.7. The molecule has 2 fully saturated rings. The van der Waals surface area contributed by atoms with Crippen LogP contribution in [0.3, 0.4) is 0 Å². The van der Waals surface area contributed by atoms with Gasteiger partial charge in [-0.15, -0.1) is 0 Å². The Labute approximate surface area is 171 Å². The van der Waals surface area contributed by atoms with Crippen molar-refractivity contribution in [1.82, 2.24) is 20.4 Å². The number of fused-ring (bicyclic) bond motifs is 1. The van der Waals surface area contributed by atoms with E-state index in [1.54, 1.807) is 4.90 Å². The number of carbonyl (C=O) groups is 3. The molecular formula is C22H30N4O3. The largest absolute Gasteiger partial charge is 0.322 e. The van der Waals surface area contributed by atoms with Gasteiger partial charge in [0.15, 0.2) is 0 Å². The highest BCUT2D eigenvalue weighted by Gasteiger charge is 2.41. The molecule has 1 unspecified atom stereocenters. The van der Waals surface area contributed by atoms with Gasteiger partial charge >= 0.3 is 0 Å². The van der Waals surface area contributed by atoms with Crippen LogP contribution in [0.2, 0.25) is 0 Å². The van der Waals surface area contributed by atoms with Gasteiger partial charge in [0.2, 0.25) is 11.8 Å². The Morgan fingerprint density at radius 3 is 2.69 bits per heavy atom. The fourth-order valence-corrected chi connectivity index (χ4v) is 5.08. The molecule has 0 spiro atoms. The lowest BCUT2D eigenvalue weighted by molar-refractivity contribution is -0.136. The van der Waals surface area contributed by atoms with Crippen LogP contribution in [0.15, 0.2) is 18.2 Å². The van der Waals surface area contributed by atoms with Gasteiger partial charge in [-0.2, -0.15) is 0 Å². The normalized spacial score (nSPS) is 24.6. The molecule has 0 bridgehead atoms. The lowest BCUT2D eigenvalue weighted by atomic mass is 9.87. The predicted octanol–water partition coefficient (Wildman–Crippen LogP) is 1.41. The Morgan fingerprint density at radius 2 is 1.97 bits per heavy atom. The van der Waals surface area contributed by atoms with Gasteiger partial charge in [-0.25, -0.2) is 0 Å². The fraction of sp³-hybridized carbons (Fsp3) is 0.591. The standard InChI is InChI=1S/C22H30N4O3/c1-3-22(4-2)14-23-10-11-25(22)12-15-6-5-7-16-17(15)13-26(21(16)29)18-8-9-19(27)24-20(18)28/h5-7,18,23H,3-4,8-14H2,1-2H3,(H,24,27,28). The predicted molar refractivity (Wildman–Crippen MR) is 109 cm³/mol. The second kappa shape index (κ2) is 7.88. The number of imide groups is 1. The Morgan fingerprint density at radius 1 is 1.17 bits per heavy atom. The molecule has 1 aromatic carbocycles. The molecular weight excluding hydrogens is 368 g/mol. The molecule has 3 aliphatic rings. The minimum absolute atomic E-state index is 0.103. The third kappa shape index (κ3) is 3.46. The van der Waals surface area contributed by atoms with Gasteiger partial charge in [0.25, 0.3) is 5.91 Å². The number of piperidine rings is 1. The molecule has 1 aromatic rings. The number of carbonyl (C=O) groups excluding carboxylic acids is 3. The van der Waals surface area contributed by atoms with E-state index in [2.05, 4.69) is 35.4 Å². The third-order valence-corrected chi connectivity index (χ3v) is 7.04. The van der Waals surface area contributed by atoms with Gasteiger partial charge in [0.05, 0.1) is 0 Å². The van der Waals surface area contributed by atoms with Crippen LogP contribution < -0.4 is 10.6 Å². The van der Waals surface area contributed by atoms with Crippen molar-refractivity contribution in [3.05, 3.63) is 34.9 Å². The van der Waals surface area contributed by atoms with Gasteiger partial charge in [0, 0.05) is 50.2 Å². The van der Waals surface area contributed by atoms with Crippen molar-refractivity contribution >= 4 is 17.7 Å². The van der Waals surface area contributed by atoms with E-state index in [1.807, 2.05) is 12.1 Å². The highest BCUT2D eigenvalue weighted by atomic mass is 16.2. The molecule has 0 saturated carbocycles. The van der Waals surface area contributed by atoms with Crippen LogP contribution in [-0.2, 0) is 22.7 Å². The van der Waals surface area contributed by atoms with Crippen LogP contribution in [0.5, 0.6) is 0 Å². The molecule has 29 heavy (non-hydrogen) atoms. The van der Waals surface area contributed by atoms with Crippen LogP contribution in [0.1, 0.15) is 61.0 Å². The van der Waals surface area contributed by atoms with E-state index < -0.39 is 6.04 Å². The number of rotatable bonds is 5. The van der Waals surface area contributed by atoms with Crippen LogP contribution in [0.4, 0.5) is 0 Å². The molecule has 3 aliphatic heterocycles. The molecule has 1 atom stereocenters. The number of piperazine rings is 1. The first-order valence-electron chi connectivity index (χ1n) is 10.7. The number of nitrogens with one attached hydrogen (secondary N) is 2. The van der Waals surface area contributed by atoms with Crippen LogP contribution >= 0.6 is 0 Å². The van der Waals surface area contributed by atoms with Gasteiger partial charge in [-0.05, 0) is 36.5 Å². The van der Waals surface area contributed by atoms with Crippen LogP contribution in [0, 0.1) is 0 Å². The number of nitrogens with zero attached hydrogens (tertiary/aromatic N) is 2. The molecule has 0 aromatic heterocycles. The Bertz CT molecular complexity index is 833. The first-order chi connectivity index (χ1) is 14.0. The molecule has 2 N–H and O–H groups in total. The fourth-order valence-electron chi connectivity index (χ4n) is 5.08. The maximum atomic E-state index is 13.0. The smallest absolute Gasteiger partial charge is 0.255 e. The zero-order valence-electron chi connectivity index (χ0n) is 17.3. The molecule has 2 saturated heterocycles. The average Bonchev–Trinajstić information content (AvgIpc) is 3.06. The third-order valence-electron chi connectivity index (χ3n) is 7.04. The summed E-state index contributed by atoms with van der Waals surface area (Å²) in [4.78, 5) is 41.0. The van der Waals surface area contributed by atoms with E-state index >= 15 is 0 Å². The summed E-state index contributed by atoms with van der Waals surface area (Å²) in [5.41, 5.74) is 3.02. The van der Waals surface area contributed by atoms with Gasteiger partial charge in [-0.1, -0.05) is 26.0 Å². The SMILES string of the molecule is CCC1(CC)CNCCN1Cc1cccc2c1CN(C1CCC(=O)NC1=O)C2=O. The zero-order valence-corrected chi connectivity index (χ0v) is 17.3. The van der Waals surface area contributed by atoms with Crippen molar-refractivity contribution in [1.29, 1.82) is 0 Å². The van der Waals surface area contributed by atoms with E-state index in [9.17, 15) is 14.4 Å². The summed E-state index contributed by atoms with van der Waals surface area (Å²) in [6.07, 6.45) is 2.83. The summed E-state index contributed by atoms with van der Waals surface area (Å²) in [7, 11) is 0. The maximum Gasteiger partial charge on any atom is 0.255 e. The number of hydrogen-bond donors (Lipinski definition) is 2. The van der Waals surface area contributed by atoms with Crippen molar-refractivity contribution in [2.24, 2.45) is 0 Å². The summed E-state index contributed by atoms with van der Waals surface area (Å²) >= 11 is 0. The van der Waals surface area contributed by atoms with Gasteiger partial charge in [0.1, 0.15) is 6.04 Å². The van der Waals surface area contributed by atoms with Crippen molar-refractivity contribution in [2.45, 2.75) is 64.2 Å². The summed E-state index contributed by atoms with van der Waals surface area (Å²) in [6, 6.07) is 5.35. The minimum atomic E-state index is -0.565. The molecule has 7 nitrogen and oxygen atoms in total. The van der Waals surface area contributed by atoms with Crippen molar-refractivity contribution in [3.63, 3.8) is 0 Å². The molecule has 0 radical (unpaired) electrons. The Kier molecular flexibility index (Phi) is 5.44. The topological polar surface area (TPSA) is 81.8 Å². The Balaban J connectivity index is 1.59. The summed E-state index contributed by atoms with van der Waals surface area (Å²) in [6.45, 7) is 8.67. The van der Waals surface area contributed by atoms with E-state index in [-0.39, 0.29) is 29.7 Å². The molecule has 3 amide bonds. The molecule has 3 heterocycles. The van der Waals surface area contributed by atoms with E-state index in [4.69, 9.17) is 0 Å². The maximum absolute atomic E-state index is 13.0. The molecule has 0 aliphatic carbocycles. The number of amides is 3. The molecule has 156 valence electrons. The molecule has 4 rings (SSSR count). The second-order valence-electron chi connectivity index (χ2n) is 8.37. The zero-order chi connectivity index (χ0) is 20.6.